The number of nitrogens with two attached hydrogens (primary N) is 1. The summed E-state index contributed by atoms with van der Waals surface area (Å²) in [7, 11) is 0. The van der Waals surface area contributed by atoms with Crippen LogP contribution in [0, 0.1) is 5.92 Å². The van der Waals surface area contributed by atoms with Crippen molar-refractivity contribution in [3.05, 3.63) is 5.89 Å². The van der Waals surface area contributed by atoms with E-state index in [-0.39, 0.29) is 6.04 Å². The Balaban J connectivity index is 1.95. The van der Waals surface area contributed by atoms with Crippen molar-refractivity contribution in [1.29, 1.82) is 0 Å². The molecule has 2 atom stereocenters. The fraction of sp³-hybridized carbons (Fsp3) is 0.846. The number of aromatic nitrogens is 2. The third-order valence-electron chi connectivity index (χ3n) is 3.80. The first-order chi connectivity index (χ1) is 8.70. The van der Waals surface area contributed by atoms with Gasteiger partial charge in [-0.15, -0.1) is 5.10 Å². The number of nitrogens with zero attached hydrogens (tertiary/aromatic N) is 2. The lowest BCUT2D eigenvalue weighted by atomic mass is 9.83. The standard InChI is InChI=1S/C13H24N4O/c1-3-11(10-7-5-4-6-8-10)15-13-17-16-12(18-13)9(2)14/h9-11H,3-8,14H2,1-2H3,(H,15,17). The van der Waals surface area contributed by atoms with Crippen molar-refractivity contribution in [3.8, 4) is 0 Å². The number of nitrogens with one attached hydrogen (secondary N) is 1. The molecule has 0 saturated heterocycles. The van der Waals surface area contributed by atoms with Gasteiger partial charge in [0, 0.05) is 6.04 Å². The average molecular weight is 252 g/mol. The highest BCUT2D eigenvalue weighted by molar-refractivity contribution is 5.20. The highest BCUT2D eigenvalue weighted by Crippen LogP contribution is 2.29. The Morgan fingerprint density at radius 3 is 2.61 bits per heavy atom. The Hall–Kier alpha value is -1.10. The molecule has 0 amide bonds. The number of hydrogen-bond acceptors (Lipinski definition) is 5. The summed E-state index contributed by atoms with van der Waals surface area (Å²) in [4.78, 5) is 0. The molecule has 1 fully saturated rings. The highest BCUT2D eigenvalue weighted by atomic mass is 16.4. The molecule has 1 saturated carbocycles. The lowest BCUT2D eigenvalue weighted by molar-refractivity contribution is 0.308. The smallest absolute Gasteiger partial charge is 0.315 e. The lowest BCUT2D eigenvalue weighted by Crippen LogP contribution is -2.30. The van der Waals surface area contributed by atoms with Crippen LogP contribution in [0.3, 0.4) is 0 Å². The van der Waals surface area contributed by atoms with Gasteiger partial charge in [0.15, 0.2) is 0 Å². The number of anilines is 1. The Morgan fingerprint density at radius 2 is 2.06 bits per heavy atom. The predicted octanol–water partition coefficient (Wildman–Crippen LogP) is 2.86. The average Bonchev–Trinajstić information content (AvgIpc) is 2.86. The van der Waals surface area contributed by atoms with Crippen molar-refractivity contribution < 1.29 is 4.42 Å². The molecule has 3 N–H and O–H groups in total. The molecule has 102 valence electrons. The van der Waals surface area contributed by atoms with Gasteiger partial charge in [0.2, 0.25) is 5.89 Å². The van der Waals surface area contributed by atoms with E-state index >= 15 is 0 Å². The van der Waals surface area contributed by atoms with Crippen molar-refractivity contribution in [2.24, 2.45) is 11.7 Å². The van der Waals surface area contributed by atoms with E-state index in [1.807, 2.05) is 6.92 Å². The van der Waals surface area contributed by atoms with E-state index < -0.39 is 0 Å². The molecule has 1 aromatic rings. The minimum absolute atomic E-state index is 0.206. The van der Waals surface area contributed by atoms with Gasteiger partial charge in [-0.25, -0.2) is 0 Å². The summed E-state index contributed by atoms with van der Waals surface area (Å²) >= 11 is 0. The molecule has 18 heavy (non-hydrogen) atoms. The number of rotatable bonds is 5. The Kier molecular flexibility index (Phi) is 4.58. The molecule has 0 spiro atoms. The molecule has 0 aliphatic heterocycles. The molecule has 1 aliphatic carbocycles. The first kappa shape index (κ1) is 13.3. The van der Waals surface area contributed by atoms with Crippen LogP contribution < -0.4 is 11.1 Å². The van der Waals surface area contributed by atoms with Crippen molar-refractivity contribution >= 4 is 6.01 Å². The minimum Gasteiger partial charge on any atom is -0.406 e. The zero-order chi connectivity index (χ0) is 13.0. The molecule has 2 rings (SSSR count). The van der Waals surface area contributed by atoms with Gasteiger partial charge in [-0.05, 0) is 32.1 Å². The fourth-order valence-electron chi connectivity index (χ4n) is 2.73. The summed E-state index contributed by atoms with van der Waals surface area (Å²) in [5, 5.41) is 11.3. The quantitative estimate of drug-likeness (QED) is 0.842. The maximum Gasteiger partial charge on any atom is 0.315 e. The second-order valence-corrected chi connectivity index (χ2v) is 5.29. The van der Waals surface area contributed by atoms with Gasteiger partial charge in [0.05, 0.1) is 6.04 Å². The zero-order valence-electron chi connectivity index (χ0n) is 11.4. The lowest BCUT2D eigenvalue weighted by Gasteiger charge is -2.29. The van der Waals surface area contributed by atoms with E-state index in [2.05, 4.69) is 22.4 Å². The number of hydrogen-bond donors (Lipinski definition) is 2. The summed E-state index contributed by atoms with van der Waals surface area (Å²) < 4.78 is 5.51. The van der Waals surface area contributed by atoms with Crippen LogP contribution in [0.2, 0.25) is 0 Å². The summed E-state index contributed by atoms with van der Waals surface area (Å²) in [6, 6.07) is 0.745. The van der Waals surface area contributed by atoms with Gasteiger partial charge in [-0.3, -0.25) is 0 Å². The van der Waals surface area contributed by atoms with E-state index in [0.29, 0.717) is 17.9 Å². The third-order valence-corrected chi connectivity index (χ3v) is 3.80. The molecule has 1 aromatic heterocycles. The van der Waals surface area contributed by atoms with Crippen LogP contribution in [-0.4, -0.2) is 16.2 Å². The van der Waals surface area contributed by atoms with Crippen LogP contribution in [0.25, 0.3) is 0 Å². The van der Waals surface area contributed by atoms with E-state index in [1.165, 1.54) is 32.1 Å². The minimum atomic E-state index is -0.206. The maximum absolute atomic E-state index is 5.71. The molecule has 5 nitrogen and oxygen atoms in total. The molecule has 1 aliphatic rings. The van der Waals surface area contributed by atoms with Crippen LogP contribution >= 0.6 is 0 Å². The SMILES string of the molecule is CCC(Nc1nnc(C(C)N)o1)C1CCCCC1. The van der Waals surface area contributed by atoms with E-state index in [1.54, 1.807) is 0 Å². The van der Waals surface area contributed by atoms with E-state index in [4.69, 9.17) is 10.2 Å². The predicted molar refractivity (Wildman–Crippen MR) is 71.2 cm³/mol. The van der Waals surface area contributed by atoms with E-state index in [9.17, 15) is 0 Å². The first-order valence-electron chi connectivity index (χ1n) is 7.06. The Morgan fingerprint density at radius 1 is 1.33 bits per heavy atom. The fourth-order valence-corrected chi connectivity index (χ4v) is 2.73. The largest absolute Gasteiger partial charge is 0.406 e. The van der Waals surface area contributed by atoms with Crippen LogP contribution in [0.4, 0.5) is 6.01 Å². The van der Waals surface area contributed by atoms with E-state index in [0.717, 1.165) is 12.3 Å². The Bertz CT molecular complexity index is 358. The molecule has 0 bridgehead atoms. The van der Waals surface area contributed by atoms with Gasteiger partial charge >= 0.3 is 6.01 Å². The van der Waals surface area contributed by atoms with Crippen LogP contribution in [0.5, 0.6) is 0 Å². The third kappa shape index (κ3) is 3.22. The Labute approximate surface area is 109 Å². The molecule has 2 unspecified atom stereocenters. The monoisotopic (exact) mass is 252 g/mol. The molecule has 1 heterocycles. The summed E-state index contributed by atoms with van der Waals surface area (Å²) in [6.45, 7) is 4.05. The first-order valence-corrected chi connectivity index (χ1v) is 7.06. The van der Waals surface area contributed by atoms with Crippen LogP contribution in [0.15, 0.2) is 4.42 Å². The van der Waals surface area contributed by atoms with Gasteiger partial charge < -0.3 is 15.5 Å². The molecular formula is C13H24N4O. The molecular weight excluding hydrogens is 228 g/mol. The van der Waals surface area contributed by atoms with Crippen molar-refractivity contribution in [1.82, 2.24) is 10.2 Å². The van der Waals surface area contributed by atoms with Gasteiger partial charge in [-0.2, -0.15) is 0 Å². The van der Waals surface area contributed by atoms with Gasteiger partial charge in [0.25, 0.3) is 0 Å². The zero-order valence-corrected chi connectivity index (χ0v) is 11.4. The highest BCUT2D eigenvalue weighted by Gasteiger charge is 2.23. The topological polar surface area (TPSA) is 77.0 Å². The van der Waals surface area contributed by atoms with Crippen molar-refractivity contribution in [3.63, 3.8) is 0 Å². The molecule has 5 heteroatoms. The van der Waals surface area contributed by atoms with Crippen molar-refractivity contribution in [2.75, 3.05) is 5.32 Å². The van der Waals surface area contributed by atoms with Crippen LogP contribution in [-0.2, 0) is 0 Å². The second kappa shape index (κ2) is 6.18. The van der Waals surface area contributed by atoms with Gasteiger partial charge in [-0.1, -0.05) is 31.3 Å². The maximum atomic E-state index is 5.71. The summed E-state index contributed by atoms with van der Waals surface area (Å²) in [5.74, 6) is 1.23. The summed E-state index contributed by atoms with van der Waals surface area (Å²) in [5.41, 5.74) is 5.71. The normalized spacial score (nSPS) is 20.6. The van der Waals surface area contributed by atoms with Crippen LogP contribution in [0.1, 0.15) is 64.3 Å². The second-order valence-electron chi connectivity index (χ2n) is 5.29. The van der Waals surface area contributed by atoms with Gasteiger partial charge in [0.1, 0.15) is 0 Å². The van der Waals surface area contributed by atoms with Crippen molar-refractivity contribution in [2.45, 2.75) is 64.5 Å². The molecule has 0 radical (unpaired) electrons. The molecule has 0 aromatic carbocycles. The summed E-state index contributed by atoms with van der Waals surface area (Å²) in [6.07, 6.45) is 7.76.